The molecule has 0 aliphatic carbocycles. The second-order valence-corrected chi connectivity index (χ2v) is 13.9. The van der Waals surface area contributed by atoms with Crippen molar-refractivity contribution in [1.82, 2.24) is 65.5 Å². The Morgan fingerprint density at radius 3 is 1.60 bits per heavy atom. The van der Waals surface area contributed by atoms with E-state index in [-0.39, 0.29) is 0 Å². The molecule has 0 saturated carbocycles. The third kappa shape index (κ3) is 7.63. The molecule has 0 amide bonds. The fourth-order valence-corrected chi connectivity index (χ4v) is 6.64. The summed E-state index contributed by atoms with van der Waals surface area (Å²) in [7, 11) is 4.13. The molecule has 13 heteroatoms. The summed E-state index contributed by atoms with van der Waals surface area (Å²) in [5.41, 5.74) is 12.2. The zero-order valence-corrected chi connectivity index (χ0v) is 30.5. The Hall–Kier alpha value is -6.02. The molecule has 9 rings (SSSR count). The van der Waals surface area contributed by atoms with Gasteiger partial charge in [-0.05, 0) is 87.6 Å². The summed E-state index contributed by atoms with van der Waals surface area (Å²) in [5.74, 6) is 0. The zero-order chi connectivity index (χ0) is 36.3. The first kappa shape index (κ1) is 34.1. The van der Waals surface area contributed by atoms with Crippen molar-refractivity contribution in [3.8, 4) is 34.2 Å². The Bertz CT molecular complexity index is 2440. The van der Waals surface area contributed by atoms with E-state index in [2.05, 4.69) is 157 Å². The summed E-state index contributed by atoms with van der Waals surface area (Å²) in [6.07, 6.45) is 3.85. The van der Waals surface area contributed by atoms with Gasteiger partial charge in [-0.3, -0.25) is 15.1 Å². The molecule has 0 bridgehead atoms. The number of aromatic amines is 2. The van der Waals surface area contributed by atoms with Crippen LogP contribution in [0.25, 0.3) is 56.0 Å². The minimum atomic E-state index is 0.759. The molecule has 53 heavy (non-hydrogen) atoms. The van der Waals surface area contributed by atoms with Gasteiger partial charge in [0.25, 0.3) is 0 Å². The van der Waals surface area contributed by atoms with Gasteiger partial charge >= 0.3 is 0 Å². The van der Waals surface area contributed by atoms with Crippen LogP contribution >= 0.6 is 0 Å². The molecule has 8 aromatic rings. The molecule has 13 nitrogen and oxygen atoms in total. The number of H-pyrrole nitrogens is 2. The van der Waals surface area contributed by atoms with Crippen LogP contribution in [0.3, 0.4) is 0 Å². The van der Waals surface area contributed by atoms with Gasteiger partial charge in [0.1, 0.15) is 22.8 Å². The first-order chi connectivity index (χ1) is 25.9. The highest BCUT2D eigenvalue weighted by molar-refractivity contribution is 5.93. The molecule has 5 heterocycles. The highest BCUT2D eigenvalue weighted by Crippen LogP contribution is 2.27. The van der Waals surface area contributed by atoms with Crippen LogP contribution < -0.4 is 5.32 Å². The number of piperazine rings is 1. The molecule has 0 radical (unpaired) electrons. The summed E-state index contributed by atoms with van der Waals surface area (Å²) >= 11 is 0. The van der Waals surface area contributed by atoms with Gasteiger partial charge in [0.15, 0.2) is 0 Å². The summed E-state index contributed by atoms with van der Waals surface area (Å²) in [6, 6.07) is 29.4. The van der Waals surface area contributed by atoms with E-state index >= 15 is 0 Å². The Morgan fingerprint density at radius 2 is 1.11 bits per heavy atom. The number of hydrogen-bond donors (Lipinski definition) is 3. The maximum Gasteiger partial charge on any atom is 0.134 e. The van der Waals surface area contributed by atoms with Crippen LogP contribution in [0.15, 0.2) is 97.3 Å². The molecule has 4 aromatic carbocycles. The standard InChI is InChI=1S/C21H23N7.C19H20N6/c1-15-2-7-19-18(12-15)21(25-23-19)20-14-28(26-24-20)17-5-3-16(4-6-17)13-27-10-8-22-9-11-27;1-13-4-9-17-16(10-13)19(22-20-17)18-12-25(23-21-18)15-7-5-14(6-8-15)11-24(2)3/h2-7,12,14,22H,8-11,13H2,1H3,(H,23,25);4-10,12H,11H2,1-3H3,(H,20,22). The van der Waals surface area contributed by atoms with E-state index in [9.17, 15) is 0 Å². The van der Waals surface area contributed by atoms with Crippen molar-refractivity contribution in [3.05, 3.63) is 120 Å². The molecule has 4 aromatic heterocycles. The van der Waals surface area contributed by atoms with Crippen LogP contribution in [0.5, 0.6) is 0 Å². The van der Waals surface area contributed by atoms with Gasteiger partial charge in [0.05, 0.1) is 34.8 Å². The van der Waals surface area contributed by atoms with Crippen LogP contribution in [0, 0.1) is 13.8 Å². The van der Waals surface area contributed by atoms with Gasteiger partial charge in [0.2, 0.25) is 0 Å². The van der Waals surface area contributed by atoms with Crippen molar-refractivity contribution in [1.29, 1.82) is 0 Å². The summed E-state index contributed by atoms with van der Waals surface area (Å²) in [6.45, 7) is 10.4. The van der Waals surface area contributed by atoms with Crippen molar-refractivity contribution in [2.24, 2.45) is 0 Å². The van der Waals surface area contributed by atoms with E-state index < -0.39 is 0 Å². The molecule has 1 saturated heterocycles. The first-order valence-corrected chi connectivity index (χ1v) is 17.9. The predicted octanol–water partition coefficient (Wildman–Crippen LogP) is 5.70. The number of aryl methyl sites for hydroxylation is 2. The van der Waals surface area contributed by atoms with Crippen LogP contribution in [0.4, 0.5) is 0 Å². The second kappa shape index (κ2) is 14.9. The lowest BCUT2D eigenvalue weighted by Gasteiger charge is -2.27. The molecule has 0 unspecified atom stereocenters. The van der Waals surface area contributed by atoms with Gasteiger partial charge in [-0.1, -0.05) is 58.0 Å². The SMILES string of the molecule is Cc1ccc2[nH]nc(-c3cn(-c4ccc(CN(C)C)cc4)nn3)c2c1.Cc1ccc2[nH]nc(-c3cn(-c4ccc(CN5CCNCC5)cc4)nn3)c2c1. The summed E-state index contributed by atoms with van der Waals surface area (Å²) < 4.78 is 3.59. The van der Waals surface area contributed by atoms with Crippen molar-refractivity contribution in [2.75, 3.05) is 40.3 Å². The van der Waals surface area contributed by atoms with E-state index in [4.69, 9.17) is 0 Å². The minimum absolute atomic E-state index is 0.759. The molecular formula is C40H43N13. The molecular weight excluding hydrogens is 663 g/mol. The Balaban J connectivity index is 0.000000152. The first-order valence-electron chi connectivity index (χ1n) is 17.9. The molecule has 3 N–H and O–H groups in total. The monoisotopic (exact) mass is 705 g/mol. The highest BCUT2D eigenvalue weighted by atomic mass is 15.4. The summed E-state index contributed by atoms with van der Waals surface area (Å²) in [4.78, 5) is 4.62. The molecule has 1 aliphatic heterocycles. The van der Waals surface area contributed by atoms with E-state index in [0.717, 1.165) is 95.2 Å². The lowest BCUT2D eigenvalue weighted by Crippen LogP contribution is -2.42. The number of nitrogens with zero attached hydrogens (tertiary/aromatic N) is 10. The van der Waals surface area contributed by atoms with Crippen LogP contribution in [-0.4, -0.2) is 100 Å². The van der Waals surface area contributed by atoms with Crippen LogP contribution in [0.1, 0.15) is 22.3 Å². The fourth-order valence-electron chi connectivity index (χ4n) is 6.64. The Kier molecular flexibility index (Phi) is 9.59. The third-order valence-corrected chi connectivity index (χ3v) is 9.43. The molecule has 0 atom stereocenters. The van der Waals surface area contributed by atoms with Crippen LogP contribution in [-0.2, 0) is 13.1 Å². The van der Waals surface area contributed by atoms with Crippen LogP contribution in [0.2, 0.25) is 0 Å². The van der Waals surface area contributed by atoms with Crippen molar-refractivity contribution < 1.29 is 0 Å². The Morgan fingerprint density at radius 1 is 0.623 bits per heavy atom. The Labute approximate surface area is 307 Å². The number of fused-ring (bicyclic) bond motifs is 2. The topological polar surface area (TPSA) is 137 Å². The number of aromatic nitrogens is 10. The lowest BCUT2D eigenvalue weighted by atomic mass is 10.1. The maximum absolute atomic E-state index is 4.44. The van der Waals surface area contributed by atoms with Gasteiger partial charge in [-0.2, -0.15) is 10.2 Å². The average Bonchev–Trinajstić information content (AvgIpc) is 3.99. The molecule has 268 valence electrons. The largest absolute Gasteiger partial charge is 0.314 e. The average molecular weight is 706 g/mol. The smallest absolute Gasteiger partial charge is 0.134 e. The van der Waals surface area contributed by atoms with Gasteiger partial charge in [-0.25, -0.2) is 9.36 Å². The number of benzene rings is 4. The highest BCUT2D eigenvalue weighted by Gasteiger charge is 2.15. The van der Waals surface area contributed by atoms with E-state index in [1.54, 1.807) is 9.36 Å². The number of hydrogen-bond acceptors (Lipinski definition) is 9. The molecule has 1 aliphatic rings. The van der Waals surface area contributed by atoms with Crippen molar-refractivity contribution >= 4 is 21.8 Å². The fraction of sp³-hybridized carbons (Fsp3) is 0.250. The van der Waals surface area contributed by atoms with Gasteiger partial charge in [-0.15, -0.1) is 10.2 Å². The molecule has 1 fully saturated rings. The molecule has 0 spiro atoms. The number of nitrogens with one attached hydrogen (secondary N) is 3. The lowest BCUT2D eigenvalue weighted by molar-refractivity contribution is 0.233. The van der Waals surface area contributed by atoms with Gasteiger partial charge < -0.3 is 10.2 Å². The summed E-state index contributed by atoms with van der Waals surface area (Å²) in [5, 5.41) is 37.7. The van der Waals surface area contributed by atoms with E-state index in [0.29, 0.717) is 0 Å². The van der Waals surface area contributed by atoms with E-state index in [1.165, 1.54) is 22.3 Å². The number of rotatable bonds is 8. The zero-order valence-electron chi connectivity index (χ0n) is 30.5. The quantitative estimate of drug-likeness (QED) is 0.182. The van der Waals surface area contributed by atoms with Gasteiger partial charge in [0, 0.05) is 50.0 Å². The second-order valence-electron chi connectivity index (χ2n) is 13.9. The van der Waals surface area contributed by atoms with Crippen molar-refractivity contribution in [2.45, 2.75) is 26.9 Å². The minimum Gasteiger partial charge on any atom is -0.314 e. The van der Waals surface area contributed by atoms with E-state index in [1.807, 2.05) is 24.5 Å². The van der Waals surface area contributed by atoms with Crippen molar-refractivity contribution in [3.63, 3.8) is 0 Å². The normalized spacial score (nSPS) is 13.5. The third-order valence-electron chi connectivity index (χ3n) is 9.43. The maximum atomic E-state index is 4.44. The predicted molar refractivity (Wildman–Crippen MR) is 208 cm³/mol.